The van der Waals surface area contributed by atoms with Crippen molar-refractivity contribution in [2.24, 2.45) is 0 Å². The molecule has 4 nitrogen and oxygen atoms in total. The molecule has 0 amide bonds. The number of benzene rings is 2. The molecule has 3 aromatic rings. The fraction of sp³-hybridized carbons (Fsp3) is 0.125. The Balaban J connectivity index is 1.93. The summed E-state index contributed by atoms with van der Waals surface area (Å²) in [6, 6.07) is 15.6. The highest BCUT2D eigenvalue weighted by molar-refractivity contribution is 5.74. The fourth-order valence-electron chi connectivity index (χ4n) is 2.04. The maximum atomic E-state index is 5.86. The molecule has 0 aliphatic carbocycles. The second kappa shape index (κ2) is 5.67. The Morgan fingerprint density at radius 1 is 1.00 bits per heavy atom. The summed E-state index contributed by atoms with van der Waals surface area (Å²) in [5.41, 5.74) is 2.78. The first-order valence-corrected chi connectivity index (χ1v) is 6.49. The lowest BCUT2D eigenvalue weighted by Gasteiger charge is -2.10. The van der Waals surface area contributed by atoms with Crippen LogP contribution in [-0.4, -0.2) is 17.0 Å². The van der Waals surface area contributed by atoms with E-state index in [1.165, 1.54) is 0 Å². The SMILES string of the molecule is CNCc1ccccc1Oc1cnc2ccccc2n1. The molecule has 0 bridgehead atoms. The van der Waals surface area contributed by atoms with E-state index in [0.29, 0.717) is 5.88 Å². The van der Waals surface area contributed by atoms with Crippen LogP contribution in [0.5, 0.6) is 11.6 Å². The molecule has 0 atom stereocenters. The molecule has 1 heterocycles. The molecular formula is C16H15N3O. The van der Waals surface area contributed by atoms with Crippen molar-refractivity contribution in [1.29, 1.82) is 0 Å². The van der Waals surface area contributed by atoms with Gasteiger partial charge in [-0.3, -0.25) is 0 Å². The summed E-state index contributed by atoms with van der Waals surface area (Å²) in [7, 11) is 1.91. The normalized spacial score (nSPS) is 10.7. The quantitative estimate of drug-likeness (QED) is 0.787. The van der Waals surface area contributed by atoms with Gasteiger partial charge in [-0.1, -0.05) is 30.3 Å². The summed E-state index contributed by atoms with van der Waals surface area (Å²) in [6.45, 7) is 0.747. The van der Waals surface area contributed by atoms with Gasteiger partial charge in [0.25, 0.3) is 0 Å². The van der Waals surface area contributed by atoms with E-state index >= 15 is 0 Å². The third-order valence-corrected chi connectivity index (χ3v) is 2.98. The Bertz CT molecular complexity index is 727. The molecule has 100 valence electrons. The standard InChI is InChI=1S/C16H15N3O/c1-17-10-12-6-2-5-9-15(12)20-16-11-18-13-7-3-4-8-14(13)19-16/h2-9,11,17H,10H2,1H3. The van der Waals surface area contributed by atoms with Crippen molar-refractivity contribution in [3.8, 4) is 11.6 Å². The lowest BCUT2D eigenvalue weighted by Crippen LogP contribution is -2.06. The zero-order valence-corrected chi connectivity index (χ0v) is 11.2. The summed E-state index contributed by atoms with van der Waals surface area (Å²) in [5, 5.41) is 3.12. The number of fused-ring (bicyclic) bond motifs is 1. The number of nitrogens with zero attached hydrogens (tertiary/aromatic N) is 2. The Hall–Kier alpha value is -2.46. The van der Waals surface area contributed by atoms with E-state index in [4.69, 9.17) is 4.74 Å². The van der Waals surface area contributed by atoms with Gasteiger partial charge in [-0.2, -0.15) is 0 Å². The van der Waals surface area contributed by atoms with Crippen LogP contribution < -0.4 is 10.1 Å². The van der Waals surface area contributed by atoms with Crippen molar-refractivity contribution >= 4 is 11.0 Å². The van der Waals surface area contributed by atoms with Crippen molar-refractivity contribution < 1.29 is 4.74 Å². The van der Waals surface area contributed by atoms with Gasteiger partial charge in [-0.25, -0.2) is 9.97 Å². The van der Waals surface area contributed by atoms with Crippen LogP contribution in [0.25, 0.3) is 11.0 Å². The molecule has 1 N–H and O–H groups in total. The molecule has 3 rings (SSSR count). The van der Waals surface area contributed by atoms with Crippen molar-refractivity contribution in [2.45, 2.75) is 6.54 Å². The molecule has 0 saturated heterocycles. The minimum Gasteiger partial charge on any atom is -0.437 e. The number of para-hydroxylation sites is 3. The summed E-state index contributed by atoms with van der Waals surface area (Å²) < 4.78 is 5.86. The highest BCUT2D eigenvalue weighted by atomic mass is 16.5. The predicted octanol–water partition coefficient (Wildman–Crippen LogP) is 3.14. The highest BCUT2D eigenvalue weighted by Crippen LogP contribution is 2.24. The third kappa shape index (κ3) is 2.60. The first kappa shape index (κ1) is 12.6. The molecule has 0 aliphatic heterocycles. The molecule has 0 radical (unpaired) electrons. The van der Waals surface area contributed by atoms with E-state index in [1.807, 2.05) is 55.6 Å². The van der Waals surface area contributed by atoms with Crippen LogP contribution in [0.1, 0.15) is 5.56 Å². The van der Waals surface area contributed by atoms with E-state index in [0.717, 1.165) is 28.9 Å². The zero-order chi connectivity index (χ0) is 13.8. The molecule has 4 heteroatoms. The lowest BCUT2D eigenvalue weighted by atomic mass is 10.2. The van der Waals surface area contributed by atoms with Crippen molar-refractivity contribution in [2.75, 3.05) is 7.05 Å². The summed E-state index contributed by atoms with van der Waals surface area (Å²) in [4.78, 5) is 8.82. The Morgan fingerprint density at radius 3 is 2.60 bits per heavy atom. The fourth-order valence-corrected chi connectivity index (χ4v) is 2.04. The number of ether oxygens (including phenoxy) is 1. The van der Waals surface area contributed by atoms with Gasteiger partial charge < -0.3 is 10.1 Å². The maximum absolute atomic E-state index is 5.86. The molecule has 0 spiro atoms. The monoisotopic (exact) mass is 265 g/mol. The zero-order valence-electron chi connectivity index (χ0n) is 11.2. The van der Waals surface area contributed by atoms with Gasteiger partial charge >= 0.3 is 0 Å². The minimum absolute atomic E-state index is 0.507. The Labute approximate surface area is 117 Å². The third-order valence-electron chi connectivity index (χ3n) is 2.98. The Morgan fingerprint density at radius 2 is 1.75 bits per heavy atom. The van der Waals surface area contributed by atoms with E-state index in [9.17, 15) is 0 Å². The van der Waals surface area contributed by atoms with Crippen LogP contribution in [0, 0.1) is 0 Å². The van der Waals surface area contributed by atoms with Crippen LogP contribution in [0.2, 0.25) is 0 Å². The molecule has 0 unspecified atom stereocenters. The highest BCUT2D eigenvalue weighted by Gasteiger charge is 2.05. The average molecular weight is 265 g/mol. The van der Waals surface area contributed by atoms with E-state index in [-0.39, 0.29) is 0 Å². The first-order chi connectivity index (χ1) is 9.86. The molecule has 2 aromatic carbocycles. The van der Waals surface area contributed by atoms with Crippen LogP contribution in [-0.2, 0) is 6.54 Å². The largest absolute Gasteiger partial charge is 0.437 e. The number of rotatable bonds is 4. The maximum Gasteiger partial charge on any atom is 0.238 e. The lowest BCUT2D eigenvalue weighted by molar-refractivity contribution is 0.455. The number of hydrogen-bond donors (Lipinski definition) is 1. The summed E-state index contributed by atoms with van der Waals surface area (Å²) in [6.07, 6.45) is 1.65. The second-order valence-corrected chi connectivity index (χ2v) is 4.44. The van der Waals surface area contributed by atoms with E-state index in [1.54, 1.807) is 6.20 Å². The average Bonchev–Trinajstić information content (AvgIpc) is 2.49. The van der Waals surface area contributed by atoms with Gasteiger partial charge in [-0.15, -0.1) is 0 Å². The van der Waals surface area contributed by atoms with E-state index in [2.05, 4.69) is 15.3 Å². The molecule has 1 aromatic heterocycles. The number of nitrogens with one attached hydrogen (secondary N) is 1. The molecule has 20 heavy (non-hydrogen) atoms. The van der Waals surface area contributed by atoms with Gasteiger partial charge in [0, 0.05) is 12.1 Å². The van der Waals surface area contributed by atoms with Crippen LogP contribution >= 0.6 is 0 Å². The van der Waals surface area contributed by atoms with Crippen molar-refractivity contribution in [1.82, 2.24) is 15.3 Å². The smallest absolute Gasteiger partial charge is 0.238 e. The topological polar surface area (TPSA) is 47.0 Å². The first-order valence-electron chi connectivity index (χ1n) is 6.49. The molecule has 0 saturated carbocycles. The van der Waals surface area contributed by atoms with Crippen molar-refractivity contribution in [3.05, 3.63) is 60.3 Å². The van der Waals surface area contributed by atoms with Crippen LogP contribution in [0.3, 0.4) is 0 Å². The van der Waals surface area contributed by atoms with Crippen LogP contribution in [0.15, 0.2) is 54.7 Å². The van der Waals surface area contributed by atoms with Gasteiger partial charge in [0.2, 0.25) is 5.88 Å². The predicted molar refractivity (Wildman–Crippen MR) is 78.8 cm³/mol. The van der Waals surface area contributed by atoms with Gasteiger partial charge in [0.1, 0.15) is 5.75 Å². The summed E-state index contributed by atoms with van der Waals surface area (Å²) in [5.74, 6) is 1.30. The second-order valence-electron chi connectivity index (χ2n) is 4.44. The minimum atomic E-state index is 0.507. The van der Waals surface area contributed by atoms with Crippen molar-refractivity contribution in [3.63, 3.8) is 0 Å². The Kier molecular flexibility index (Phi) is 3.56. The molecule has 0 aliphatic rings. The van der Waals surface area contributed by atoms with E-state index < -0.39 is 0 Å². The molecular weight excluding hydrogens is 250 g/mol. The van der Waals surface area contributed by atoms with Gasteiger partial charge in [0.05, 0.1) is 17.2 Å². The number of hydrogen-bond acceptors (Lipinski definition) is 4. The van der Waals surface area contributed by atoms with Gasteiger partial charge in [-0.05, 0) is 25.2 Å². The van der Waals surface area contributed by atoms with Crippen LogP contribution in [0.4, 0.5) is 0 Å². The number of aromatic nitrogens is 2. The molecule has 0 fully saturated rings. The summed E-state index contributed by atoms with van der Waals surface area (Å²) >= 11 is 0. The van der Waals surface area contributed by atoms with Gasteiger partial charge in [0.15, 0.2) is 0 Å².